The van der Waals surface area contributed by atoms with Crippen LogP contribution >= 0.6 is 0 Å². The number of nitrogen functional groups attached to an aromatic ring is 1. The third-order valence-electron chi connectivity index (χ3n) is 3.26. The van der Waals surface area contributed by atoms with Crippen LogP contribution in [-0.4, -0.2) is 24.3 Å². The molecule has 0 bridgehead atoms. The van der Waals surface area contributed by atoms with Gasteiger partial charge in [-0.3, -0.25) is 9.25 Å². The molecule has 0 aliphatic heterocycles. The van der Waals surface area contributed by atoms with Crippen molar-refractivity contribution in [2.75, 3.05) is 5.73 Å². The van der Waals surface area contributed by atoms with E-state index in [1.54, 1.807) is 12.4 Å². The van der Waals surface area contributed by atoms with E-state index < -0.39 is 0 Å². The predicted molar refractivity (Wildman–Crippen MR) is 73.6 cm³/mol. The summed E-state index contributed by atoms with van der Waals surface area (Å²) in [6, 6.07) is 3.99. The summed E-state index contributed by atoms with van der Waals surface area (Å²) in [4.78, 5) is 8.82. The van der Waals surface area contributed by atoms with Gasteiger partial charge in [0.25, 0.3) is 0 Å². The first kappa shape index (κ1) is 11.7. The van der Waals surface area contributed by atoms with E-state index >= 15 is 0 Å². The van der Waals surface area contributed by atoms with Gasteiger partial charge in [0.15, 0.2) is 5.65 Å². The van der Waals surface area contributed by atoms with Crippen LogP contribution in [0.1, 0.15) is 18.5 Å². The molecule has 0 aliphatic rings. The van der Waals surface area contributed by atoms with Crippen LogP contribution in [0.2, 0.25) is 0 Å². The summed E-state index contributed by atoms with van der Waals surface area (Å²) in [7, 11) is 0. The fourth-order valence-electron chi connectivity index (χ4n) is 2.32. The van der Waals surface area contributed by atoms with Crippen LogP contribution in [0.15, 0.2) is 30.7 Å². The normalized spacial score (nSPS) is 12.9. The topological polar surface area (TPSA) is 74.5 Å². The Morgan fingerprint density at radius 3 is 2.95 bits per heavy atom. The molecule has 2 N–H and O–H groups in total. The first-order valence-corrected chi connectivity index (χ1v) is 6.23. The van der Waals surface area contributed by atoms with Crippen molar-refractivity contribution < 1.29 is 0 Å². The lowest BCUT2D eigenvalue weighted by Crippen LogP contribution is -2.15. The van der Waals surface area contributed by atoms with Gasteiger partial charge in [-0.05, 0) is 31.5 Å². The highest BCUT2D eigenvalue weighted by atomic mass is 15.3. The molecule has 0 spiro atoms. The van der Waals surface area contributed by atoms with Crippen molar-refractivity contribution in [2.24, 2.45) is 0 Å². The van der Waals surface area contributed by atoms with Crippen molar-refractivity contribution in [1.82, 2.24) is 24.3 Å². The third kappa shape index (κ3) is 1.95. The SMILES string of the molecule is Cc1ccnc2c1nc(N)n2C(C)Cn1cccn1. The lowest BCUT2D eigenvalue weighted by molar-refractivity contribution is 0.448. The number of hydrogen-bond donors (Lipinski definition) is 1. The Kier molecular flexibility index (Phi) is 2.70. The van der Waals surface area contributed by atoms with E-state index in [0.717, 1.165) is 23.3 Å². The summed E-state index contributed by atoms with van der Waals surface area (Å²) in [6.07, 6.45) is 5.49. The molecule has 0 radical (unpaired) electrons. The van der Waals surface area contributed by atoms with Crippen LogP contribution in [-0.2, 0) is 6.54 Å². The van der Waals surface area contributed by atoms with E-state index in [1.165, 1.54) is 0 Å². The molecular formula is C13H16N6. The lowest BCUT2D eigenvalue weighted by Gasteiger charge is -2.15. The lowest BCUT2D eigenvalue weighted by atomic mass is 10.2. The molecular weight excluding hydrogens is 240 g/mol. The van der Waals surface area contributed by atoms with Gasteiger partial charge in [0.1, 0.15) is 5.52 Å². The molecule has 0 fully saturated rings. The Hall–Kier alpha value is -2.37. The summed E-state index contributed by atoms with van der Waals surface area (Å²) in [6.45, 7) is 4.83. The largest absolute Gasteiger partial charge is 0.369 e. The minimum atomic E-state index is 0.138. The molecule has 0 amide bonds. The molecule has 98 valence electrons. The predicted octanol–water partition coefficient (Wildman–Crippen LogP) is 1.78. The Bertz CT molecular complexity index is 697. The summed E-state index contributed by atoms with van der Waals surface area (Å²) in [5.41, 5.74) is 8.82. The highest BCUT2D eigenvalue weighted by molar-refractivity contribution is 5.77. The number of aryl methyl sites for hydroxylation is 1. The summed E-state index contributed by atoms with van der Waals surface area (Å²) >= 11 is 0. The quantitative estimate of drug-likeness (QED) is 0.775. The number of rotatable bonds is 3. The first-order chi connectivity index (χ1) is 9.16. The molecule has 1 unspecified atom stereocenters. The van der Waals surface area contributed by atoms with Crippen molar-refractivity contribution in [3.05, 3.63) is 36.3 Å². The molecule has 0 aliphatic carbocycles. The first-order valence-electron chi connectivity index (χ1n) is 6.23. The van der Waals surface area contributed by atoms with Crippen LogP contribution in [0.4, 0.5) is 5.95 Å². The second-order valence-corrected chi connectivity index (χ2v) is 4.72. The Morgan fingerprint density at radius 1 is 1.37 bits per heavy atom. The molecule has 3 aromatic heterocycles. The molecule has 19 heavy (non-hydrogen) atoms. The number of fused-ring (bicyclic) bond motifs is 1. The Labute approximate surface area is 110 Å². The molecule has 6 heteroatoms. The minimum Gasteiger partial charge on any atom is -0.369 e. The highest BCUT2D eigenvalue weighted by Crippen LogP contribution is 2.23. The third-order valence-corrected chi connectivity index (χ3v) is 3.26. The standard InChI is InChI=1S/C13H16N6/c1-9-4-6-15-12-11(9)17-13(14)19(12)10(2)8-18-7-3-5-16-18/h3-7,10H,8H2,1-2H3,(H2,14,17). The van der Waals surface area contributed by atoms with Crippen molar-refractivity contribution in [1.29, 1.82) is 0 Å². The monoisotopic (exact) mass is 256 g/mol. The summed E-state index contributed by atoms with van der Waals surface area (Å²) in [5.74, 6) is 0.497. The molecule has 6 nitrogen and oxygen atoms in total. The van der Waals surface area contributed by atoms with Gasteiger partial charge in [-0.1, -0.05) is 0 Å². The zero-order valence-corrected chi connectivity index (χ0v) is 11.0. The van der Waals surface area contributed by atoms with Crippen molar-refractivity contribution >= 4 is 17.1 Å². The van der Waals surface area contributed by atoms with Gasteiger partial charge >= 0.3 is 0 Å². The van der Waals surface area contributed by atoms with Crippen LogP contribution < -0.4 is 5.73 Å². The molecule has 3 rings (SSSR count). The van der Waals surface area contributed by atoms with E-state index in [9.17, 15) is 0 Å². The van der Waals surface area contributed by atoms with E-state index in [4.69, 9.17) is 5.73 Å². The summed E-state index contributed by atoms with van der Waals surface area (Å²) in [5, 5.41) is 4.22. The molecule has 3 heterocycles. The zero-order valence-electron chi connectivity index (χ0n) is 11.0. The van der Waals surface area contributed by atoms with E-state index in [-0.39, 0.29) is 6.04 Å². The highest BCUT2D eigenvalue weighted by Gasteiger charge is 2.16. The Balaban J connectivity index is 2.04. The number of nitrogens with zero attached hydrogens (tertiary/aromatic N) is 5. The van der Waals surface area contributed by atoms with E-state index in [1.807, 2.05) is 34.5 Å². The smallest absolute Gasteiger partial charge is 0.202 e. The van der Waals surface area contributed by atoms with E-state index in [0.29, 0.717) is 5.95 Å². The fourth-order valence-corrected chi connectivity index (χ4v) is 2.32. The maximum atomic E-state index is 6.03. The second kappa shape index (κ2) is 4.38. The molecule has 3 aromatic rings. The van der Waals surface area contributed by atoms with Gasteiger partial charge in [-0.2, -0.15) is 5.10 Å². The van der Waals surface area contributed by atoms with Crippen LogP contribution in [0.5, 0.6) is 0 Å². The van der Waals surface area contributed by atoms with Crippen molar-refractivity contribution in [3.63, 3.8) is 0 Å². The van der Waals surface area contributed by atoms with Gasteiger partial charge in [0.2, 0.25) is 5.95 Å². The number of anilines is 1. The van der Waals surface area contributed by atoms with Crippen molar-refractivity contribution in [2.45, 2.75) is 26.4 Å². The number of pyridine rings is 1. The molecule has 1 atom stereocenters. The van der Waals surface area contributed by atoms with Gasteiger partial charge in [-0.15, -0.1) is 0 Å². The number of nitrogens with two attached hydrogens (primary N) is 1. The van der Waals surface area contributed by atoms with Gasteiger partial charge < -0.3 is 5.73 Å². The molecule has 0 aromatic carbocycles. The zero-order chi connectivity index (χ0) is 13.4. The van der Waals surface area contributed by atoms with Crippen LogP contribution in [0.3, 0.4) is 0 Å². The van der Waals surface area contributed by atoms with E-state index in [2.05, 4.69) is 22.0 Å². The average molecular weight is 256 g/mol. The summed E-state index contributed by atoms with van der Waals surface area (Å²) < 4.78 is 3.84. The van der Waals surface area contributed by atoms with Gasteiger partial charge in [-0.25, -0.2) is 9.97 Å². The van der Waals surface area contributed by atoms with Gasteiger partial charge in [0, 0.05) is 18.6 Å². The second-order valence-electron chi connectivity index (χ2n) is 4.72. The average Bonchev–Trinajstić information content (AvgIpc) is 2.96. The fraction of sp³-hybridized carbons (Fsp3) is 0.308. The molecule has 0 saturated heterocycles. The van der Waals surface area contributed by atoms with Crippen molar-refractivity contribution in [3.8, 4) is 0 Å². The number of aromatic nitrogens is 5. The van der Waals surface area contributed by atoms with Crippen LogP contribution in [0, 0.1) is 6.92 Å². The maximum absolute atomic E-state index is 6.03. The molecule has 0 saturated carbocycles. The number of imidazole rings is 1. The Morgan fingerprint density at radius 2 is 2.21 bits per heavy atom. The van der Waals surface area contributed by atoms with Crippen LogP contribution in [0.25, 0.3) is 11.2 Å². The maximum Gasteiger partial charge on any atom is 0.202 e. The minimum absolute atomic E-state index is 0.138. The van der Waals surface area contributed by atoms with Gasteiger partial charge in [0.05, 0.1) is 12.6 Å². The number of hydrogen-bond acceptors (Lipinski definition) is 4.